The van der Waals surface area contributed by atoms with E-state index >= 15 is 0 Å². The van der Waals surface area contributed by atoms with Gasteiger partial charge in [-0.15, -0.1) is 13.2 Å². The number of aromatic nitrogens is 1. The van der Waals surface area contributed by atoms with Gasteiger partial charge in [-0.3, -0.25) is 4.55 Å². The highest BCUT2D eigenvalue weighted by molar-refractivity contribution is 7.86. The first-order chi connectivity index (χ1) is 19.1. The minimum Gasteiger partial charge on any atom is -0.406 e. The molecule has 0 saturated heterocycles. The molecule has 0 fully saturated rings. The average Bonchev–Trinajstić information content (AvgIpc) is 2.87. The first-order valence-corrected chi connectivity index (χ1v) is 13.7. The van der Waals surface area contributed by atoms with Crippen LogP contribution in [0.2, 0.25) is 5.02 Å². The lowest BCUT2D eigenvalue weighted by molar-refractivity contribution is -0.274. The van der Waals surface area contributed by atoms with Gasteiger partial charge in [0.2, 0.25) is 0 Å². The lowest BCUT2D eigenvalue weighted by Crippen LogP contribution is -2.21. The van der Waals surface area contributed by atoms with Gasteiger partial charge in [-0.1, -0.05) is 35.9 Å². The number of nitrogens with zero attached hydrogens (tertiary/aromatic N) is 2. The summed E-state index contributed by atoms with van der Waals surface area (Å²) >= 11 is 6.20. The third kappa shape index (κ3) is 9.51. The minimum atomic E-state index is -5.84. The molecule has 0 atom stereocenters. The van der Waals surface area contributed by atoms with Crippen LogP contribution in [0.15, 0.2) is 84.0 Å². The number of rotatable bonds is 6. The molecule has 41 heavy (non-hydrogen) atoms. The molecule has 220 valence electrons. The molecule has 0 bridgehead atoms. The lowest BCUT2D eigenvalue weighted by Gasteiger charge is -2.10. The van der Waals surface area contributed by atoms with E-state index < -0.39 is 22.0 Å². The molecule has 0 aliphatic carbocycles. The van der Waals surface area contributed by atoms with Crippen molar-refractivity contribution in [1.82, 2.24) is 4.57 Å². The van der Waals surface area contributed by atoms with Crippen LogP contribution in [0.1, 0.15) is 18.1 Å². The van der Waals surface area contributed by atoms with E-state index in [0.29, 0.717) is 11.4 Å². The van der Waals surface area contributed by atoms with Gasteiger partial charge in [-0.05, 0) is 79.4 Å². The van der Waals surface area contributed by atoms with E-state index in [2.05, 4.69) is 16.2 Å². The number of aryl methyl sites for hydroxylation is 3. The number of hydrogen-bond acceptors (Lipinski definition) is 4. The molecule has 6 nitrogen and oxygen atoms in total. The third-order valence-electron chi connectivity index (χ3n) is 5.61. The van der Waals surface area contributed by atoms with Crippen molar-refractivity contribution >= 4 is 38.3 Å². The number of ether oxygens (including phenoxy) is 1. The zero-order valence-electron chi connectivity index (χ0n) is 21.2. The zero-order valence-corrected chi connectivity index (χ0v) is 22.8. The zero-order chi connectivity index (χ0) is 30.4. The van der Waals surface area contributed by atoms with Crippen LogP contribution < -0.4 is 10.1 Å². The summed E-state index contributed by atoms with van der Waals surface area (Å²) in [6.45, 7) is 2.91. The van der Waals surface area contributed by atoms with Crippen LogP contribution in [0, 0.1) is 0 Å². The average molecular weight is 621 g/mol. The van der Waals surface area contributed by atoms with Gasteiger partial charge < -0.3 is 9.30 Å². The Morgan fingerprint density at radius 2 is 1.54 bits per heavy atom. The fraction of sp³-hybridized carbons (Fsp3) is 0.222. The van der Waals surface area contributed by atoms with Gasteiger partial charge in [0.25, 0.3) is 0 Å². The largest absolute Gasteiger partial charge is 0.573 e. The second-order valence-electron chi connectivity index (χ2n) is 8.54. The number of fused-ring (bicyclic) bond motifs is 1. The van der Waals surface area contributed by atoms with Crippen molar-refractivity contribution in [3.8, 4) is 5.75 Å². The molecule has 14 heteroatoms. The minimum absolute atomic E-state index is 0.215. The topological polar surface area (TPSA) is 80.9 Å². The van der Waals surface area contributed by atoms with Crippen LogP contribution >= 0.6 is 11.6 Å². The van der Waals surface area contributed by atoms with Crippen molar-refractivity contribution in [3.05, 3.63) is 101 Å². The van der Waals surface area contributed by atoms with Crippen LogP contribution in [0.25, 0.3) is 10.9 Å². The molecule has 1 heterocycles. The first-order valence-electron chi connectivity index (χ1n) is 11.9. The molecule has 0 aliphatic heterocycles. The summed E-state index contributed by atoms with van der Waals surface area (Å²) in [5.41, 5.74) is -1.64. The molecule has 0 spiro atoms. The summed E-state index contributed by atoms with van der Waals surface area (Å²) < 4.78 is 101. The van der Waals surface area contributed by atoms with Gasteiger partial charge in [0.05, 0.1) is 16.6 Å². The Bertz CT molecular complexity index is 1670. The Balaban J connectivity index is 0.000000507. The van der Waals surface area contributed by atoms with Gasteiger partial charge in [0.1, 0.15) is 5.75 Å². The Morgan fingerprint density at radius 1 is 0.902 bits per heavy atom. The predicted octanol–water partition coefficient (Wildman–Crippen LogP) is 7.62. The second kappa shape index (κ2) is 13.0. The van der Waals surface area contributed by atoms with Gasteiger partial charge in [-0.25, -0.2) is 4.99 Å². The molecule has 0 amide bonds. The summed E-state index contributed by atoms with van der Waals surface area (Å²) in [6, 6.07) is 21.7. The number of pyridine rings is 1. The Hall–Kier alpha value is -3.55. The normalized spacial score (nSPS) is 12.7. The highest BCUT2D eigenvalue weighted by Crippen LogP contribution is 2.24. The lowest BCUT2D eigenvalue weighted by atomic mass is 10.0. The van der Waals surface area contributed by atoms with Crippen LogP contribution in [-0.2, 0) is 29.5 Å². The molecular formula is C27H23ClF6N2O4S. The molecule has 1 aromatic heterocycles. The SMILES string of the molecule is CCn1ccc(=Nc2cccc(CCc3ccc(OC(F)(F)F)cc3)c2)c2ccc(Cl)cc21.O=S(=O)(O)C(F)(F)F. The van der Waals surface area contributed by atoms with Crippen molar-refractivity contribution in [2.45, 2.75) is 38.2 Å². The van der Waals surface area contributed by atoms with Crippen molar-refractivity contribution in [2.75, 3.05) is 0 Å². The van der Waals surface area contributed by atoms with E-state index in [9.17, 15) is 26.3 Å². The van der Waals surface area contributed by atoms with E-state index in [0.717, 1.165) is 46.0 Å². The summed E-state index contributed by atoms with van der Waals surface area (Å²) in [7, 11) is -5.84. The first kappa shape index (κ1) is 32.0. The number of benzene rings is 3. The summed E-state index contributed by atoms with van der Waals surface area (Å²) in [4.78, 5) is 4.86. The molecule has 1 N–H and O–H groups in total. The molecule has 4 rings (SSSR count). The summed E-state index contributed by atoms with van der Waals surface area (Å²) in [5, 5.41) is 2.57. The summed E-state index contributed by atoms with van der Waals surface area (Å²) in [5.74, 6) is -0.215. The van der Waals surface area contributed by atoms with Crippen molar-refractivity contribution < 1.29 is 44.0 Å². The maximum atomic E-state index is 12.3. The number of halogens is 7. The van der Waals surface area contributed by atoms with Gasteiger partial charge in [0, 0.05) is 23.2 Å². The Labute approximate surface area is 236 Å². The quantitative estimate of drug-likeness (QED) is 0.137. The molecule has 0 radical (unpaired) electrons. The molecule has 0 aliphatic rings. The number of hydrogen-bond donors (Lipinski definition) is 1. The van der Waals surface area contributed by atoms with Crippen LogP contribution in [-0.4, -0.2) is 29.4 Å². The van der Waals surface area contributed by atoms with E-state index in [-0.39, 0.29) is 5.75 Å². The molecule has 0 unspecified atom stereocenters. The highest BCUT2D eigenvalue weighted by atomic mass is 35.5. The van der Waals surface area contributed by atoms with E-state index in [4.69, 9.17) is 29.6 Å². The maximum absolute atomic E-state index is 12.3. The fourth-order valence-electron chi connectivity index (χ4n) is 3.73. The van der Waals surface area contributed by atoms with Gasteiger partial charge >= 0.3 is 22.0 Å². The Kier molecular flexibility index (Phi) is 10.1. The maximum Gasteiger partial charge on any atom is 0.573 e. The van der Waals surface area contributed by atoms with Gasteiger partial charge in [0.15, 0.2) is 0 Å². The smallest absolute Gasteiger partial charge is 0.406 e. The monoisotopic (exact) mass is 620 g/mol. The van der Waals surface area contributed by atoms with Crippen LogP contribution in [0.5, 0.6) is 5.75 Å². The fourth-order valence-corrected chi connectivity index (χ4v) is 3.90. The second-order valence-corrected chi connectivity index (χ2v) is 10.4. The molecule has 0 saturated carbocycles. The van der Waals surface area contributed by atoms with Crippen LogP contribution in [0.3, 0.4) is 0 Å². The standard InChI is InChI=1S/C26H22ClF3N2O.CHF3O3S/c1-2-32-15-14-24(23-13-10-20(27)17-25(23)32)31-21-5-3-4-19(16-21)7-6-18-8-11-22(12-9-18)33-26(28,29)30;2-1(3,4)8(5,6)7/h3-5,8-17H,2,6-7H2,1H3;(H,5,6,7). The summed E-state index contributed by atoms with van der Waals surface area (Å²) in [6.07, 6.45) is -1.24. The van der Waals surface area contributed by atoms with E-state index in [1.54, 1.807) is 12.1 Å². The third-order valence-corrected chi connectivity index (χ3v) is 6.43. The van der Waals surface area contributed by atoms with E-state index in [1.807, 2.05) is 54.7 Å². The number of alkyl halides is 6. The molecular weight excluding hydrogens is 598 g/mol. The molecule has 3 aromatic carbocycles. The van der Waals surface area contributed by atoms with E-state index in [1.165, 1.54) is 12.1 Å². The van der Waals surface area contributed by atoms with Crippen LogP contribution in [0.4, 0.5) is 32.0 Å². The van der Waals surface area contributed by atoms with Crippen molar-refractivity contribution in [1.29, 1.82) is 0 Å². The Morgan fingerprint density at radius 3 is 2.12 bits per heavy atom. The predicted molar refractivity (Wildman–Crippen MR) is 142 cm³/mol. The van der Waals surface area contributed by atoms with Crippen molar-refractivity contribution in [2.24, 2.45) is 4.99 Å². The highest BCUT2D eigenvalue weighted by Gasteiger charge is 2.44. The molecule has 4 aromatic rings. The van der Waals surface area contributed by atoms with Gasteiger partial charge in [-0.2, -0.15) is 21.6 Å². The van der Waals surface area contributed by atoms with Crippen molar-refractivity contribution in [3.63, 3.8) is 0 Å².